The number of halogens is 1. The Morgan fingerprint density at radius 1 is 1.14 bits per heavy atom. The summed E-state index contributed by atoms with van der Waals surface area (Å²) in [5, 5.41) is 3.49. The molecular formula is C22H18ClN3O3. The summed E-state index contributed by atoms with van der Waals surface area (Å²) in [6.45, 7) is 3.69. The van der Waals surface area contributed by atoms with Crippen LogP contribution in [0, 0.1) is 13.8 Å². The SMILES string of the molecule is Cc1cc(-c2nc3ncccc3o2)ccc1NC(=O)COc1ccc(Cl)cc1C. The summed E-state index contributed by atoms with van der Waals surface area (Å²) in [6, 6.07) is 14.5. The molecule has 1 N–H and O–H groups in total. The zero-order chi connectivity index (χ0) is 20.4. The van der Waals surface area contributed by atoms with Crippen LogP contribution in [-0.4, -0.2) is 22.5 Å². The summed E-state index contributed by atoms with van der Waals surface area (Å²) < 4.78 is 11.3. The Morgan fingerprint density at radius 2 is 2.00 bits per heavy atom. The van der Waals surface area contributed by atoms with Gasteiger partial charge in [-0.3, -0.25) is 4.79 Å². The molecule has 0 radical (unpaired) electrons. The molecule has 0 atom stereocenters. The van der Waals surface area contributed by atoms with Crippen molar-refractivity contribution in [1.29, 1.82) is 0 Å². The van der Waals surface area contributed by atoms with E-state index < -0.39 is 0 Å². The molecule has 0 aliphatic rings. The van der Waals surface area contributed by atoms with E-state index in [4.69, 9.17) is 20.8 Å². The number of benzene rings is 2. The predicted octanol–water partition coefficient (Wildman–Crippen LogP) is 5.18. The zero-order valence-electron chi connectivity index (χ0n) is 15.9. The summed E-state index contributed by atoms with van der Waals surface area (Å²) in [5.41, 5.74) is 4.46. The van der Waals surface area contributed by atoms with E-state index in [1.807, 2.05) is 38.1 Å². The molecule has 0 bridgehead atoms. The Kier molecular flexibility index (Phi) is 5.18. The molecule has 0 unspecified atom stereocenters. The second-order valence-corrected chi connectivity index (χ2v) is 7.06. The van der Waals surface area contributed by atoms with Gasteiger partial charge < -0.3 is 14.5 Å². The van der Waals surface area contributed by atoms with Crippen LogP contribution < -0.4 is 10.1 Å². The summed E-state index contributed by atoms with van der Waals surface area (Å²) in [6.07, 6.45) is 1.67. The van der Waals surface area contributed by atoms with Gasteiger partial charge in [0, 0.05) is 22.5 Å². The average molecular weight is 408 g/mol. The highest BCUT2D eigenvalue weighted by molar-refractivity contribution is 6.30. The van der Waals surface area contributed by atoms with Crippen LogP contribution in [0.1, 0.15) is 11.1 Å². The molecule has 6 nitrogen and oxygen atoms in total. The molecule has 7 heteroatoms. The second kappa shape index (κ2) is 7.93. The fourth-order valence-electron chi connectivity index (χ4n) is 2.93. The number of ether oxygens (including phenoxy) is 1. The molecule has 146 valence electrons. The molecule has 4 aromatic rings. The van der Waals surface area contributed by atoms with E-state index in [2.05, 4.69) is 15.3 Å². The van der Waals surface area contributed by atoms with Crippen molar-refractivity contribution in [3.63, 3.8) is 0 Å². The number of anilines is 1. The lowest BCUT2D eigenvalue weighted by Gasteiger charge is -2.11. The first kappa shape index (κ1) is 19.0. The van der Waals surface area contributed by atoms with Crippen LogP contribution in [-0.2, 0) is 4.79 Å². The van der Waals surface area contributed by atoms with Crippen molar-refractivity contribution in [3.8, 4) is 17.2 Å². The first-order valence-electron chi connectivity index (χ1n) is 9.01. The van der Waals surface area contributed by atoms with Crippen molar-refractivity contribution in [1.82, 2.24) is 9.97 Å². The predicted molar refractivity (Wildman–Crippen MR) is 112 cm³/mol. The largest absolute Gasteiger partial charge is 0.483 e. The Hall–Kier alpha value is -3.38. The minimum Gasteiger partial charge on any atom is -0.483 e. The van der Waals surface area contributed by atoms with Gasteiger partial charge in [0.1, 0.15) is 5.75 Å². The number of hydrogen-bond donors (Lipinski definition) is 1. The van der Waals surface area contributed by atoms with E-state index in [-0.39, 0.29) is 12.5 Å². The van der Waals surface area contributed by atoms with E-state index in [1.54, 1.807) is 30.5 Å². The van der Waals surface area contributed by atoms with Crippen LogP contribution in [0.3, 0.4) is 0 Å². The smallest absolute Gasteiger partial charge is 0.262 e. The van der Waals surface area contributed by atoms with Gasteiger partial charge in [0.2, 0.25) is 5.89 Å². The summed E-state index contributed by atoms with van der Waals surface area (Å²) in [5.74, 6) is 0.865. The standard InChI is InChI=1S/C22H18ClN3O3/c1-13-10-15(22-26-21-19(29-22)4-3-9-24-21)5-7-17(13)25-20(27)12-28-18-8-6-16(23)11-14(18)2/h3-11H,12H2,1-2H3,(H,25,27). The Balaban J connectivity index is 1.44. The van der Waals surface area contributed by atoms with Gasteiger partial charge in [-0.2, -0.15) is 4.98 Å². The number of hydrogen-bond acceptors (Lipinski definition) is 5. The van der Waals surface area contributed by atoms with E-state index in [9.17, 15) is 4.79 Å². The number of amides is 1. The lowest BCUT2D eigenvalue weighted by atomic mass is 10.1. The number of aryl methyl sites for hydroxylation is 2. The first-order valence-corrected chi connectivity index (χ1v) is 9.39. The van der Waals surface area contributed by atoms with Gasteiger partial charge in [0.05, 0.1) is 0 Å². The number of carbonyl (C=O) groups excluding carboxylic acids is 1. The minimum absolute atomic E-state index is 0.0968. The van der Waals surface area contributed by atoms with Crippen LogP contribution >= 0.6 is 11.6 Å². The molecule has 0 saturated heterocycles. The number of fused-ring (bicyclic) bond motifs is 1. The van der Waals surface area contributed by atoms with Gasteiger partial charge in [-0.1, -0.05) is 11.6 Å². The van der Waals surface area contributed by atoms with Crippen molar-refractivity contribution < 1.29 is 13.9 Å². The van der Waals surface area contributed by atoms with Crippen molar-refractivity contribution in [2.24, 2.45) is 0 Å². The van der Waals surface area contributed by atoms with E-state index >= 15 is 0 Å². The average Bonchev–Trinajstić information content (AvgIpc) is 3.13. The first-order chi connectivity index (χ1) is 14.0. The summed E-state index contributed by atoms with van der Waals surface area (Å²) in [7, 11) is 0. The fourth-order valence-corrected chi connectivity index (χ4v) is 3.16. The van der Waals surface area contributed by atoms with Gasteiger partial charge in [0.15, 0.2) is 17.8 Å². The number of carbonyl (C=O) groups is 1. The molecule has 2 aromatic heterocycles. The van der Waals surface area contributed by atoms with Crippen molar-refractivity contribution in [2.75, 3.05) is 11.9 Å². The van der Waals surface area contributed by atoms with Crippen LogP contribution in [0.5, 0.6) is 5.75 Å². The number of oxazole rings is 1. The number of nitrogens with one attached hydrogen (secondary N) is 1. The molecule has 0 saturated carbocycles. The van der Waals surface area contributed by atoms with Gasteiger partial charge in [-0.05, 0) is 73.5 Å². The van der Waals surface area contributed by atoms with Crippen molar-refractivity contribution in [3.05, 3.63) is 70.9 Å². The molecule has 0 aliphatic heterocycles. The molecular weight excluding hydrogens is 390 g/mol. The van der Waals surface area contributed by atoms with Crippen LogP contribution in [0.4, 0.5) is 5.69 Å². The minimum atomic E-state index is -0.249. The van der Waals surface area contributed by atoms with Crippen molar-refractivity contribution >= 4 is 34.4 Å². The van der Waals surface area contributed by atoms with Gasteiger partial charge in [-0.25, -0.2) is 4.98 Å². The van der Waals surface area contributed by atoms with Gasteiger partial charge in [0.25, 0.3) is 5.91 Å². The molecule has 1 amide bonds. The normalized spacial score (nSPS) is 10.9. The zero-order valence-corrected chi connectivity index (χ0v) is 16.7. The number of pyridine rings is 1. The molecule has 29 heavy (non-hydrogen) atoms. The molecule has 2 aromatic carbocycles. The highest BCUT2D eigenvalue weighted by atomic mass is 35.5. The summed E-state index contributed by atoms with van der Waals surface area (Å²) >= 11 is 5.93. The third-order valence-electron chi connectivity index (χ3n) is 4.41. The van der Waals surface area contributed by atoms with Crippen LogP contribution in [0.2, 0.25) is 5.02 Å². The quantitative estimate of drug-likeness (QED) is 0.493. The Bertz CT molecular complexity index is 1170. The molecule has 2 heterocycles. The molecule has 0 fully saturated rings. The second-order valence-electron chi connectivity index (χ2n) is 6.62. The maximum absolute atomic E-state index is 12.3. The fraction of sp³-hybridized carbons (Fsp3) is 0.136. The Morgan fingerprint density at radius 3 is 2.76 bits per heavy atom. The summed E-state index contributed by atoms with van der Waals surface area (Å²) in [4.78, 5) is 20.9. The monoisotopic (exact) mass is 407 g/mol. The van der Waals surface area contributed by atoms with Gasteiger partial charge in [-0.15, -0.1) is 0 Å². The number of nitrogens with zero attached hydrogens (tertiary/aromatic N) is 2. The van der Waals surface area contributed by atoms with Crippen molar-refractivity contribution in [2.45, 2.75) is 13.8 Å². The lowest BCUT2D eigenvalue weighted by Crippen LogP contribution is -2.20. The van der Waals surface area contributed by atoms with E-state index in [0.29, 0.717) is 33.6 Å². The maximum Gasteiger partial charge on any atom is 0.262 e. The lowest BCUT2D eigenvalue weighted by molar-refractivity contribution is -0.118. The van der Waals surface area contributed by atoms with Crippen LogP contribution in [0.25, 0.3) is 22.7 Å². The third kappa shape index (κ3) is 4.22. The molecule has 4 rings (SSSR count). The molecule has 0 spiro atoms. The van der Waals surface area contributed by atoms with Crippen LogP contribution in [0.15, 0.2) is 59.1 Å². The maximum atomic E-state index is 12.3. The molecule has 0 aliphatic carbocycles. The highest BCUT2D eigenvalue weighted by Crippen LogP contribution is 2.27. The topological polar surface area (TPSA) is 77.3 Å². The Labute approximate surface area is 172 Å². The van der Waals surface area contributed by atoms with Gasteiger partial charge >= 0.3 is 0 Å². The third-order valence-corrected chi connectivity index (χ3v) is 4.64. The number of rotatable bonds is 5. The highest BCUT2D eigenvalue weighted by Gasteiger charge is 2.12. The van der Waals surface area contributed by atoms with E-state index in [0.717, 1.165) is 16.7 Å². The van der Waals surface area contributed by atoms with E-state index in [1.165, 1.54) is 0 Å². The number of aromatic nitrogens is 2.